The Labute approximate surface area is 130 Å². The molecule has 1 aliphatic heterocycles. The number of Topliss-reactive ketones (excluding diaryl/α,β-unsaturated/α-hetero) is 1. The van der Waals surface area contributed by atoms with Crippen LogP contribution in [0.2, 0.25) is 0 Å². The first kappa shape index (κ1) is 14.9. The summed E-state index contributed by atoms with van der Waals surface area (Å²) in [6.45, 7) is 2.04. The Morgan fingerprint density at radius 2 is 1.77 bits per heavy atom. The molecule has 1 heterocycles. The Hall–Kier alpha value is -1.97. The zero-order valence-corrected chi connectivity index (χ0v) is 12.9. The fraction of sp³-hybridized carbons (Fsp3) is 0.500. The van der Waals surface area contributed by atoms with Gasteiger partial charge in [0, 0.05) is 23.8 Å². The minimum absolute atomic E-state index is 0.0145. The Bertz CT molecular complexity index is 635. The fourth-order valence-corrected chi connectivity index (χ4v) is 3.54. The van der Waals surface area contributed by atoms with Crippen molar-refractivity contribution >= 4 is 17.6 Å². The molecular formula is C18H21NO3. The summed E-state index contributed by atoms with van der Waals surface area (Å²) in [5, 5.41) is 2.39. The van der Waals surface area contributed by atoms with Crippen molar-refractivity contribution in [3.8, 4) is 0 Å². The third kappa shape index (κ3) is 2.96. The third-order valence-electron chi connectivity index (χ3n) is 4.88. The van der Waals surface area contributed by atoms with Crippen LogP contribution in [0.1, 0.15) is 53.6 Å². The van der Waals surface area contributed by atoms with E-state index in [1.165, 1.54) is 5.56 Å². The van der Waals surface area contributed by atoms with Gasteiger partial charge in [0.15, 0.2) is 5.78 Å². The van der Waals surface area contributed by atoms with Gasteiger partial charge in [-0.2, -0.15) is 0 Å². The smallest absolute Gasteiger partial charge is 0.229 e. The second-order valence-corrected chi connectivity index (χ2v) is 6.49. The Balaban J connectivity index is 1.62. The first-order chi connectivity index (χ1) is 10.5. The van der Waals surface area contributed by atoms with Crippen molar-refractivity contribution in [3.05, 3.63) is 34.9 Å². The number of carbonyl (C=O) groups excluding carboxylic acids is 3. The summed E-state index contributed by atoms with van der Waals surface area (Å²) in [6.07, 6.45) is 4.25. The highest BCUT2D eigenvalue weighted by Gasteiger charge is 2.31. The van der Waals surface area contributed by atoms with Crippen LogP contribution >= 0.6 is 0 Å². The van der Waals surface area contributed by atoms with Gasteiger partial charge in [0.1, 0.15) is 0 Å². The average molecular weight is 299 g/mol. The van der Waals surface area contributed by atoms with Gasteiger partial charge in [-0.3, -0.25) is 19.7 Å². The number of rotatable bonds is 3. The van der Waals surface area contributed by atoms with E-state index in [1.54, 1.807) is 0 Å². The molecule has 1 aromatic rings. The van der Waals surface area contributed by atoms with Crippen molar-refractivity contribution in [1.29, 1.82) is 0 Å². The van der Waals surface area contributed by atoms with Gasteiger partial charge in [-0.25, -0.2) is 0 Å². The average Bonchev–Trinajstić information content (AvgIpc) is 2.48. The molecule has 1 saturated heterocycles. The van der Waals surface area contributed by atoms with E-state index in [0.717, 1.165) is 30.4 Å². The van der Waals surface area contributed by atoms with Crippen LogP contribution in [-0.2, 0) is 16.0 Å². The molecule has 0 aromatic heterocycles. The first-order valence-corrected chi connectivity index (χ1v) is 8.02. The van der Waals surface area contributed by atoms with Crippen molar-refractivity contribution in [2.75, 3.05) is 0 Å². The molecule has 4 nitrogen and oxygen atoms in total. The molecular weight excluding hydrogens is 278 g/mol. The van der Waals surface area contributed by atoms with Gasteiger partial charge in [0.05, 0.1) is 0 Å². The molecule has 3 rings (SSSR count). The number of hydrogen-bond acceptors (Lipinski definition) is 3. The van der Waals surface area contributed by atoms with Crippen LogP contribution in [-0.4, -0.2) is 17.6 Å². The highest BCUT2D eigenvalue weighted by molar-refractivity contribution is 6.00. The maximum Gasteiger partial charge on any atom is 0.229 e. The molecule has 2 amide bonds. The molecule has 0 saturated carbocycles. The molecule has 1 aromatic carbocycles. The van der Waals surface area contributed by atoms with Crippen LogP contribution in [0.15, 0.2) is 18.2 Å². The molecule has 1 fully saturated rings. The van der Waals surface area contributed by atoms with E-state index >= 15 is 0 Å². The molecule has 0 radical (unpaired) electrons. The quantitative estimate of drug-likeness (QED) is 0.873. The number of imide groups is 1. The summed E-state index contributed by atoms with van der Waals surface area (Å²) in [4.78, 5) is 35.5. The summed E-state index contributed by atoms with van der Waals surface area (Å²) in [7, 11) is 0. The van der Waals surface area contributed by atoms with Crippen molar-refractivity contribution in [1.82, 2.24) is 5.32 Å². The van der Waals surface area contributed by atoms with Gasteiger partial charge in [-0.05, 0) is 44.6 Å². The topological polar surface area (TPSA) is 63.2 Å². The summed E-state index contributed by atoms with van der Waals surface area (Å²) in [5.74, 6) is -0.242. The monoisotopic (exact) mass is 299 g/mol. The van der Waals surface area contributed by atoms with E-state index in [9.17, 15) is 14.4 Å². The number of amides is 2. The van der Waals surface area contributed by atoms with Gasteiger partial charge < -0.3 is 0 Å². The Morgan fingerprint density at radius 3 is 2.55 bits per heavy atom. The largest absolute Gasteiger partial charge is 0.296 e. The van der Waals surface area contributed by atoms with Gasteiger partial charge in [0.25, 0.3) is 0 Å². The number of ketones is 1. The lowest BCUT2D eigenvalue weighted by Crippen LogP contribution is -2.41. The zero-order chi connectivity index (χ0) is 15.7. The van der Waals surface area contributed by atoms with E-state index < -0.39 is 0 Å². The van der Waals surface area contributed by atoms with Crippen LogP contribution in [0.25, 0.3) is 0 Å². The van der Waals surface area contributed by atoms with Crippen LogP contribution < -0.4 is 5.32 Å². The first-order valence-electron chi connectivity index (χ1n) is 8.02. The number of aryl methyl sites for hydroxylation is 2. The Kier molecular flexibility index (Phi) is 4.10. The van der Waals surface area contributed by atoms with Crippen LogP contribution in [0.5, 0.6) is 0 Å². The lowest BCUT2D eigenvalue weighted by Gasteiger charge is -2.26. The lowest BCUT2D eigenvalue weighted by atomic mass is 9.78. The molecule has 116 valence electrons. The predicted octanol–water partition coefficient (Wildman–Crippen LogP) is 2.57. The molecule has 2 unspecified atom stereocenters. The highest BCUT2D eigenvalue weighted by Crippen LogP contribution is 2.31. The molecule has 0 bridgehead atoms. The second-order valence-electron chi connectivity index (χ2n) is 6.49. The summed E-state index contributed by atoms with van der Waals surface area (Å²) < 4.78 is 0. The third-order valence-corrected chi connectivity index (χ3v) is 4.88. The highest BCUT2D eigenvalue weighted by atomic mass is 16.2. The summed E-state index contributed by atoms with van der Waals surface area (Å²) >= 11 is 0. The Morgan fingerprint density at radius 1 is 1.05 bits per heavy atom. The molecule has 1 N–H and O–H groups in total. The number of fused-ring (bicyclic) bond motifs is 1. The van der Waals surface area contributed by atoms with Crippen LogP contribution in [0.3, 0.4) is 0 Å². The number of piperidine rings is 1. The minimum Gasteiger partial charge on any atom is -0.296 e. The van der Waals surface area contributed by atoms with Gasteiger partial charge in [-0.15, -0.1) is 0 Å². The number of hydrogen-bond donors (Lipinski definition) is 1. The maximum atomic E-state index is 12.6. The molecule has 2 atom stereocenters. The zero-order valence-electron chi connectivity index (χ0n) is 12.9. The van der Waals surface area contributed by atoms with Gasteiger partial charge >= 0.3 is 0 Å². The molecule has 22 heavy (non-hydrogen) atoms. The number of carbonyl (C=O) groups is 3. The molecule has 2 aliphatic rings. The number of nitrogens with one attached hydrogen (secondary N) is 1. The van der Waals surface area contributed by atoms with E-state index in [1.807, 2.05) is 19.1 Å². The van der Waals surface area contributed by atoms with Crippen molar-refractivity contribution in [3.63, 3.8) is 0 Å². The molecule has 4 heteroatoms. The number of benzene rings is 1. The lowest BCUT2D eigenvalue weighted by molar-refractivity contribution is -0.136. The van der Waals surface area contributed by atoms with E-state index in [-0.39, 0.29) is 29.4 Å². The van der Waals surface area contributed by atoms with Crippen molar-refractivity contribution in [2.24, 2.45) is 11.8 Å². The predicted molar refractivity (Wildman–Crippen MR) is 82.4 cm³/mol. The minimum atomic E-state index is -0.181. The van der Waals surface area contributed by atoms with E-state index in [2.05, 4.69) is 11.4 Å². The second kappa shape index (κ2) is 6.03. The normalized spacial score (nSPS) is 24.9. The van der Waals surface area contributed by atoms with Crippen LogP contribution in [0, 0.1) is 18.8 Å². The van der Waals surface area contributed by atoms with Gasteiger partial charge in [0.2, 0.25) is 11.8 Å². The van der Waals surface area contributed by atoms with E-state index in [4.69, 9.17) is 0 Å². The summed E-state index contributed by atoms with van der Waals surface area (Å²) in [5.41, 5.74) is 3.20. The fourth-order valence-electron chi connectivity index (χ4n) is 3.54. The summed E-state index contributed by atoms with van der Waals surface area (Å²) in [6, 6.07) is 6.02. The van der Waals surface area contributed by atoms with E-state index in [0.29, 0.717) is 19.3 Å². The molecule has 0 spiro atoms. The SMILES string of the molecule is Cc1ccc2c(c1)CCC(CCC1CCC(=O)NC1=O)C2=O. The van der Waals surface area contributed by atoms with Crippen molar-refractivity contribution < 1.29 is 14.4 Å². The van der Waals surface area contributed by atoms with Crippen LogP contribution in [0.4, 0.5) is 0 Å². The standard InChI is InChI=1S/C18H21NO3/c1-11-2-8-15-14(10-11)6-4-12(17(15)21)3-5-13-7-9-16(20)19-18(13)22/h2,8,10,12-13H,3-7,9H2,1H3,(H,19,20,22). The molecule has 1 aliphatic carbocycles. The maximum absolute atomic E-state index is 12.6. The van der Waals surface area contributed by atoms with Crippen molar-refractivity contribution in [2.45, 2.75) is 45.4 Å². The van der Waals surface area contributed by atoms with Gasteiger partial charge in [-0.1, -0.05) is 23.8 Å².